The molecule has 1 amide bonds. The highest BCUT2D eigenvalue weighted by Gasteiger charge is 2.13. The van der Waals surface area contributed by atoms with Crippen molar-refractivity contribution in [3.05, 3.63) is 57.5 Å². The molecule has 0 bridgehead atoms. The molecule has 0 aliphatic heterocycles. The highest BCUT2D eigenvalue weighted by molar-refractivity contribution is 7.14. The zero-order valence-electron chi connectivity index (χ0n) is 11.1. The predicted molar refractivity (Wildman–Crippen MR) is 84.5 cm³/mol. The average Bonchev–Trinajstić information content (AvgIpc) is 3.12. The van der Waals surface area contributed by atoms with Crippen molar-refractivity contribution in [1.29, 1.82) is 0 Å². The zero-order valence-corrected chi connectivity index (χ0v) is 12.7. The molecule has 0 atom stereocenters. The van der Waals surface area contributed by atoms with Crippen molar-refractivity contribution in [2.45, 2.75) is 6.92 Å². The third-order valence-electron chi connectivity index (χ3n) is 2.95. The highest BCUT2D eigenvalue weighted by atomic mass is 32.1. The van der Waals surface area contributed by atoms with Crippen LogP contribution < -0.4 is 5.32 Å². The van der Waals surface area contributed by atoms with Gasteiger partial charge >= 0.3 is 0 Å². The molecule has 2 aromatic heterocycles. The van der Waals surface area contributed by atoms with Gasteiger partial charge in [-0.25, -0.2) is 9.37 Å². The summed E-state index contributed by atoms with van der Waals surface area (Å²) in [4.78, 5) is 16.5. The van der Waals surface area contributed by atoms with Gasteiger partial charge in [0.05, 0.1) is 0 Å². The number of carbonyl (C=O) groups is 1. The van der Waals surface area contributed by atoms with Crippen LogP contribution >= 0.6 is 22.7 Å². The standard InChI is InChI=1S/C15H11FN2OS2/c1-9-2-3-11(16)6-12(9)17-14(19)13-8-21-15(18-13)10-4-5-20-7-10/h2-8H,1H3,(H,17,19). The van der Waals surface area contributed by atoms with Gasteiger partial charge in [0.1, 0.15) is 16.5 Å². The first-order valence-electron chi connectivity index (χ1n) is 6.19. The second-order valence-corrected chi connectivity index (χ2v) is 6.10. The van der Waals surface area contributed by atoms with E-state index in [0.717, 1.165) is 16.1 Å². The molecule has 2 heterocycles. The minimum absolute atomic E-state index is 0.332. The van der Waals surface area contributed by atoms with E-state index >= 15 is 0 Å². The third-order valence-corrected chi connectivity index (χ3v) is 4.53. The van der Waals surface area contributed by atoms with Crippen LogP contribution in [-0.2, 0) is 0 Å². The molecule has 0 fully saturated rings. The molecule has 0 unspecified atom stereocenters. The van der Waals surface area contributed by atoms with E-state index in [9.17, 15) is 9.18 Å². The van der Waals surface area contributed by atoms with E-state index in [1.165, 1.54) is 23.5 Å². The second kappa shape index (κ2) is 5.75. The van der Waals surface area contributed by atoms with Gasteiger partial charge in [-0.1, -0.05) is 6.07 Å². The lowest BCUT2D eigenvalue weighted by Gasteiger charge is -2.06. The molecule has 0 radical (unpaired) electrons. The molecule has 0 saturated carbocycles. The Morgan fingerprint density at radius 2 is 2.14 bits per heavy atom. The number of nitrogens with one attached hydrogen (secondary N) is 1. The van der Waals surface area contributed by atoms with Crippen molar-refractivity contribution in [2.75, 3.05) is 5.32 Å². The smallest absolute Gasteiger partial charge is 0.275 e. The summed E-state index contributed by atoms with van der Waals surface area (Å²) in [6.45, 7) is 1.81. The Morgan fingerprint density at radius 3 is 2.90 bits per heavy atom. The Balaban J connectivity index is 1.81. The summed E-state index contributed by atoms with van der Waals surface area (Å²) in [7, 11) is 0. The van der Waals surface area contributed by atoms with Crippen LogP contribution in [0.25, 0.3) is 10.6 Å². The number of hydrogen-bond acceptors (Lipinski definition) is 4. The fourth-order valence-corrected chi connectivity index (χ4v) is 3.32. The third kappa shape index (κ3) is 3.01. The maximum atomic E-state index is 13.2. The summed E-state index contributed by atoms with van der Waals surface area (Å²) in [5, 5.41) is 9.15. The molecule has 1 N–H and O–H groups in total. The minimum Gasteiger partial charge on any atom is -0.320 e. The molecule has 0 saturated heterocycles. The van der Waals surface area contributed by atoms with Gasteiger partial charge in [-0.15, -0.1) is 11.3 Å². The molecule has 0 spiro atoms. The van der Waals surface area contributed by atoms with Gasteiger partial charge in [0.15, 0.2) is 0 Å². The van der Waals surface area contributed by atoms with Crippen molar-refractivity contribution in [2.24, 2.45) is 0 Å². The minimum atomic E-state index is -0.381. The summed E-state index contributed by atoms with van der Waals surface area (Å²) in [6.07, 6.45) is 0. The molecular formula is C15H11FN2OS2. The van der Waals surface area contributed by atoms with Gasteiger partial charge in [-0.05, 0) is 36.1 Å². The number of amides is 1. The van der Waals surface area contributed by atoms with Crippen LogP contribution in [0.5, 0.6) is 0 Å². The average molecular weight is 318 g/mol. The van der Waals surface area contributed by atoms with E-state index in [2.05, 4.69) is 10.3 Å². The first-order chi connectivity index (χ1) is 10.1. The number of rotatable bonds is 3. The van der Waals surface area contributed by atoms with Crippen LogP contribution in [0.1, 0.15) is 16.1 Å². The number of anilines is 1. The van der Waals surface area contributed by atoms with Crippen molar-refractivity contribution >= 4 is 34.3 Å². The lowest BCUT2D eigenvalue weighted by molar-refractivity contribution is 0.102. The topological polar surface area (TPSA) is 42.0 Å². The summed E-state index contributed by atoms with van der Waals surface area (Å²) in [5.41, 5.74) is 2.61. The quantitative estimate of drug-likeness (QED) is 0.768. The van der Waals surface area contributed by atoms with Crippen molar-refractivity contribution in [3.8, 4) is 10.6 Å². The SMILES string of the molecule is Cc1ccc(F)cc1NC(=O)c1csc(-c2ccsc2)n1. The monoisotopic (exact) mass is 318 g/mol. The molecule has 106 valence electrons. The first-order valence-corrected chi connectivity index (χ1v) is 8.01. The van der Waals surface area contributed by atoms with E-state index in [-0.39, 0.29) is 11.7 Å². The number of aryl methyl sites for hydroxylation is 1. The maximum Gasteiger partial charge on any atom is 0.275 e. The summed E-state index contributed by atoms with van der Waals surface area (Å²) in [6, 6.07) is 6.26. The first kappa shape index (κ1) is 13.9. The van der Waals surface area contributed by atoms with Crippen molar-refractivity contribution in [1.82, 2.24) is 4.98 Å². The number of nitrogens with zero attached hydrogens (tertiary/aromatic N) is 1. The molecule has 6 heteroatoms. The van der Waals surface area contributed by atoms with Gasteiger partial charge < -0.3 is 5.32 Å². The summed E-state index contributed by atoms with van der Waals surface area (Å²) >= 11 is 3.00. The van der Waals surface area contributed by atoms with Gasteiger partial charge in [-0.3, -0.25) is 4.79 Å². The Morgan fingerprint density at radius 1 is 1.29 bits per heavy atom. The molecule has 1 aromatic carbocycles. The summed E-state index contributed by atoms with van der Waals surface area (Å²) in [5.74, 6) is -0.713. The normalized spacial score (nSPS) is 10.6. The molecule has 0 aliphatic rings. The predicted octanol–water partition coefficient (Wildman–Crippen LogP) is 4.57. The number of halogens is 1. The lowest BCUT2D eigenvalue weighted by Crippen LogP contribution is -2.13. The van der Waals surface area contributed by atoms with Crippen molar-refractivity contribution < 1.29 is 9.18 Å². The van der Waals surface area contributed by atoms with Crippen LogP contribution in [0, 0.1) is 12.7 Å². The second-order valence-electron chi connectivity index (χ2n) is 4.46. The largest absolute Gasteiger partial charge is 0.320 e. The fourth-order valence-electron chi connectivity index (χ4n) is 1.81. The number of thiophene rings is 1. The van der Waals surface area contributed by atoms with Gasteiger partial charge in [0.25, 0.3) is 5.91 Å². The fraction of sp³-hybridized carbons (Fsp3) is 0.0667. The van der Waals surface area contributed by atoms with Crippen LogP contribution in [0.15, 0.2) is 40.4 Å². The zero-order chi connectivity index (χ0) is 14.8. The van der Waals surface area contributed by atoms with Crippen LogP contribution in [0.3, 0.4) is 0 Å². The Hall–Kier alpha value is -2.05. The van der Waals surface area contributed by atoms with Crippen LogP contribution in [0.4, 0.5) is 10.1 Å². The van der Waals surface area contributed by atoms with Gasteiger partial charge in [0.2, 0.25) is 0 Å². The Labute approximate surface area is 129 Å². The highest BCUT2D eigenvalue weighted by Crippen LogP contribution is 2.26. The lowest BCUT2D eigenvalue weighted by atomic mass is 10.2. The number of benzene rings is 1. The number of thiazole rings is 1. The molecule has 0 aliphatic carbocycles. The maximum absolute atomic E-state index is 13.2. The number of hydrogen-bond donors (Lipinski definition) is 1. The Kier molecular flexibility index (Phi) is 3.81. The number of aromatic nitrogens is 1. The number of carbonyl (C=O) groups excluding carboxylic acids is 1. The van der Waals surface area contributed by atoms with E-state index in [1.807, 2.05) is 23.8 Å². The van der Waals surface area contributed by atoms with Gasteiger partial charge in [0, 0.05) is 22.0 Å². The van der Waals surface area contributed by atoms with Gasteiger partial charge in [-0.2, -0.15) is 11.3 Å². The molecule has 21 heavy (non-hydrogen) atoms. The Bertz CT molecular complexity index is 781. The summed E-state index contributed by atoms with van der Waals surface area (Å²) < 4.78 is 13.2. The van der Waals surface area contributed by atoms with Crippen LogP contribution in [-0.4, -0.2) is 10.9 Å². The van der Waals surface area contributed by atoms with E-state index in [0.29, 0.717) is 11.4 Å². The van der Waals surface area contributed by atoms with E-state index < -0.39 is 0 Å². The van der Waals surface area contributed by atoms with Crippen molar-refractivity contribution in [3.63, 3.8) is 0 Å². The molecule has 3 nitrogen and oxygen atoms in total. The van der Waals surface area contributed by atoms with E-state index in [4.69, 9.17) is 0 Å². The van der Waals surface area contributed by atoms with E-state index in [1.54, 1.807) is 22.8 Å². The molecule has 3 aromatic rings. The van der Waals surface area contributed by atoms with Crippen LogP contribution in [0.2, 0.25) is 0 Å². The molecular weight excluding hydrogens is 307 g/mol. The molecule has 3 rings (SSSR count).